The minimum Gasteiger partial charge on any atom is -0.329 e. The summed E-state index contributed by atoms with van der Waals surface area (Å²) in [6.45, 7) is 5.61. The van der Waals surface area contributed by atoms with Gasteiger partial charge in [0.05, 0.1) is 11.5 Å². The van der Waals surface area contributed by atoms with E-state index in [1.165, 1.54) is 22.3 Å². The summed E-state index contributed by atoms with van der Waals surface area (Å²) in [6.07, 6.45) is 3.26. The van der Waals surface area contributed by atoms with Crippen LogP contribution >= 0.6 is 0 Å². The average Bonchev–Trinajstić information content (AvgIpc) is 3.34. The van der Waals surface area contributed by atoms with Gasteiger partial charge >= 0.3 is 0 Å². The van der Waals surface area contributed by atoms with Crippen LogP contribution in [0.2, 0.25) is 0 Å². The first-order valence-corrected chi connectivity index (χ1v) is 13.0. The number of rotatable bonds is 8. The summed E-state index contributed by atoms with van der Waals surface area (Å²) in [5, 5.41) is 0. The number of fused-ring (bicyclic) bond motifs is 4. The SMILES string of the molecule is CCCC1(C(=O)CCCN2CC(N3Cc4ccccc4C3=O)C2)c2ccccc2-c2ccccc21. The van der Waals surface area contributed by atoms with Crippen LogP contribution < -0.4 is 0 Å². The van der Waals surface area contributed by atoms with E-state index in [1.54, 1.807) is 0 Å². The first-order chi connectivity index (χ1) is 17.1. The van der Waals surface area contributed by atoms with Crippen molar-refractivity contribution in [2.75, 3.05) is 19.6 Å². The molecule has 1 aliphatic carbocycles. The van der Waals surface area contributed by atoms with E-state index in [1.807, 2.05) is 23.1 Å². The number of likely N-dealkylation sites (tertiary alicyclic amines) is 1. The van der Waals surface area contributed by atoms with E-state index in [0.717, 1.165) is 56.6 Å². The first kappa shape index (κ1) is 22.2. The molecule has 4 nitrogen and oxygen atoms in total. The number of Topliss-reactive ketones (excluding diaryl/α,β-unsaturated/α-hetero) is 1. The van der Waals surface area contributed by atoms with Crippen LogP contribution in [-0.2, 0) is 16.8 Å². The zero-order chi connectivity index (χ0) is 24.0. The van der Waals surface area contributed by atoms with Crippen molar-refractivity contribution in [1.29, 1.82) is 0 Å². The maximum Gasteiger partial charge on any atom is 0.254 e. The van der Waals surface area contributed by atoms with Crippen LogP contribution in [0.3, 0.4) is 0 Å². The molecule has 0 radical (unpaired) electrons. The fourth-order valence-corrected chi connectivity index (χ4v) is 6.58. The van der Waals surface area contributed by atoms with Crippen molar-refractivity contribution in [3.05, 3.63) is 95.1 Å². The summed E-state index contributed by atoms with van der Waals surface area (Å²) in [7, 11) is 0. The molecule has 1 fully saturated rings. The third kappa shape index (κ3) is 3.46. The molecule has 4 heteroatoms. The molecule has 0 bridgehead atoms. The molecular weight excluding hydrogens is 432 g/mol. The van der Waals surface area contributed by atoms with E-state index < -0.39 is 5.41 Å². The zero-order valence-corrected chi connectivity index (χ0v) is 20.4. The van der Waals surface area contributed by atoms with Gasteiger partial charge in [0.2, 0.25) is 0 Å². The largest absolute Gasteiger partial charge is 0.329 e. The Labute approximate surface area is 207 Å². The molecular formula is C31H32N2O2. The lowest BCUT2D eigenvalue weighted by molar-refractivity contribution is -0.123. The molecule has 0 aromatic heterocycles. The molecule has 2 aliphatic heterocycles. The molecule has 3 aromatic carbocycles. The zero-order valence-electron chi connectivity index (χ0n) is 20.4. The summed E-state index contributed by atoms with van der Waals surface area (Å²) >= 11 is 0. The number of carbonyl (C=O) groups is 2. The minimum absolute atomic E-state index is 0.167. The van der Waals surface area contributed by atoms with E-state index in [9.17, 15) is 9.59 Å². The van der Waals surface area contributed by atoms with Crippen molar-refractivity contribution in [3.8, 4) is 11.1 Å². The number of ketones is 1. The Hall–Kier alpha value is -3.24. The molecule has 0 unspecified atom stereocenters. The number of hydrogen-bond donors (Lipinski definition) is 0. The lowest BCUT2D eigenvalue weighted by atomic mass is 9.70. The van der Waals surface area contributed by atoms with Crippen LogP contribution in [0.25, 0.3) is 11.1 Å². The lowest BCUT2D eigenvalue weighted by Crippen LogP contribution is -2.59. The summed E-state index contributed by atoms with van der Waals surface area (Å²) < 4.78 is 0. The summed E-state index contributed by atoms with van der Waals surface area (Å²) in [5.41, 5.74) is 6.27. The normalized spacial score (nSPS) is 18.2. The minimum atomic E-state index is -0.521. The molecule has 1 amide bonds. The Bertz CT molecular complexity index is 1240. The molecule has 3 aromatic rings. The van der Waals surface area contributed by atoms with Crippen molar-refractivity contribution >= 4 is 11.7 Å². The third-order valence-corrected chi connectivity index (χ3v) is 8.27. The van der Waals surface area contributed by atoms with Crippen LogP contribution in [0, 0.1) is 0 Å². The summed E-state index contributed by atoms with van der Waals surface area (Å²) in [4.78, 5) is 31.1. The quantitative estimate of drug-likeness (QED) is 0.446. The Morgan fingerprint density at radius 1 is 0.886 bits per heavy atom. The van der Waals surface area contributed by atoms with E-state index in [4.69, 9.17) is 0 Å². The molecule has 0 N–H and O–H groups in total. The molecule has 178 valence electrons. The van der Waals surface area contributed by atoms with Gasteiger partial charge in [-0.25, -0.2) is 0 Å². The fraction of sp³-hybridized carbons (Fsp3) is 0.355. The monoisotopic (exact) mass is 464 g/mol. The van der Waals surface area contributed by atoms with Crippen molar-refractivity contribution in [3.63, 3.8) is 0 Å². The first-order valence-electron chi connectivity index (χ1n) is 13.0. The maximum absolute atomic E-state index is 13.9. The van der Waals surface area contributed by atoms with Gasteiger partial charge in [0.15, 0.2) is 0 Å². The molecule has 6 rings (SSSR count). The second-order valence-corrected chi connectivity index (χ2v) is 10.3. The van der Waals surface area contributed by atoms with Gasteiger partial charge in [-0.05, 0) is 53.3 Å². The number of carbonyl (C=O) groups excluding carboxylic acids is 2. The number of amides is 1. The topological polar surface area (TPSA) is 40.6 Å². The van der Waals surface area contributed by atoms with Crippen LogP contribution in [0.15, 0.2) is 72.8 Å². The highest BCUT2D eigenvalue weighted by Crippen LogP contribution is 2.52. The van der Waals surface area contributed by atoms with Crippen molar-refractivity contribution in [1.82, 2.24) is 9.80 Å². The summed E-state index contributed by atoms with van der Waals surface area (Å²) in [5.74, 6) is 0.513. The van der Waals surface area contributed by atoms with Crippen LogP contribution in [0.1, 0.15) is 59.7 Å². The molecule has 0 atom stereocenters. The van der Waals surface area contributed by atoms with E-state index in [0.29, 0.717) is 12.2 Å². The average molecular weight is 465 g/mol. The molecule has 1 saturated heterocycles. The van der Waals surface area contributed by atoms with Crippen molar-refractivity contribution in [2.45, 2.75) is 50.6 Å². The molecule has 0 spiro atoms. The standard InChI is InChI=1S/C31H32N2O2/c1-2-17-31(27-14-7-5-12-25(27)26-13-6-8-15-28(26)31)29(34)16-9-18-32-20-23(21-32)33-19-22-10-3-4-11-24(22)30(33)35/h3-8,10-15,23H,2,9,16-21H2,1H3. The van der Waals surface area contributed by atoms with Gasteiger partial charge in [0, 0.05) is 31.6 Å². The van der Waals surface area contributed by atoms with E-state index in [-0.39, 0.29) is 11.9 Å². The predicted molar refractivity (Wildman–Crippen MR) is 138 cm³/mol. The van der Waals surface area contributed by atoms with Gasteiger partial charge < -0.3 is 4.90 Å². The van der Waals surface area contributed by atoms with Crippen LogP contribution in [0.5, 0.6) is 0 Å². The van der Waals surface area contributed by atoms with Gasteiger partial charge in [-0.2, -0.15) is 0 Å². The molecule has 2 heterocycles. The Balaban J connectivity index is 1.10. The van der Waals surface area contributed by atoms with Gasteiger partial charge in [0.1, 0.15) is 5.78 Å². The van der Waals surface area contributed by atoms with E-state index in [2.05, 4.69) is 66.4 Å². The Morgan fingerprint density at radius 2 is 1.49 bits per heavy atom. The lowest BCUT2D eigenvalue weighted by Gasteiger charge is -2.44. The van der Waals surface area contributed by atoms with Gasteiger partial charge in [-0.15, -0.1) is 0 Å². The number of benzene rings is 3. The van der Waals surface area contributed by atoms with Crippen molar-refractivity contribution in [2.24, 2.45) is 0 Å². The number of hydrogen-bond acceptors (Lipinski definition) is 3. The van der Waals surface area contributed by atoms with Crippen molar-refractivity contribution < 1.29 is 9.59 Å². The van der Waals surface area contributed by atoms with Gasteiger partial charge in [-0.1, -0.05) is 80.1 Å². The fourth-order valence-electron chi connectivity index (χ4n) is 6.58. The highest BCUT2D eigenvalue weighted by Gasteiger charge is 2.47. The molecule has 3 aliphatic rings. The predicted octanol–water partition coefficient (Wildman–Crippen LogP) is 5.44. The van der Waals surface area contributed by atoms with Crippen LogP contribution in [0.4, 0.5) is 0 Å². The second kappa shape index (κ2) is 8.76. The Kier molecular flexibility index (Phi) is 5.57. The van der Waals surface area contributed by atoms with Gasteiger partial charge in [0.25, 0.3) is 5.91 Å². The third-order valence-electron chi connectivity index (χ3n) is 8.27. The molecule has 35 heavy (non-hydrogen) atoms. The Morgan fingerprint density at radius 3 is 2.11 bits per heavy atom. The number of nitrogens with zero attached hydrogens (tertiary/aromatic N) is 2. The maximum atomic E-state index is 13.9. The van der Waals surface area contributed by atoms with E-state index >= 15 is 0 Å². The highest BCUT2D eigenvalue weighted by molar-refractivity contribution is 6.01. The molecule has 0 saturated carbocycles. The second-order valence-electron chi connectivity index (χ2n) is 10.3. The summed E-state index contributed by atoms with van der Waals surface area (Å²) in [6, 6.07) is 25.2. The van der Waals surface area contributed by atoms with Crippen LogP contribution in [-0.4, -0.2) is 47.2 Å². The smallest absolute Gasteiger partial charge is 0.254 e. The van der Waals surface area contributed by atoms with Gasteiger partial charge in [-0.3, -0.25) is 14.5 Å². The highest BCUT2D eigenvalue weighted by atomic mass is 16.2.